The number of hydrogen-bond acceptors (Lipinski definition) is 0. The van der Waals surface area contributed by atoms with Crippen molar-refractivity contribution in [3.8, 4) is 9.85 Å². The van der Waals surface area contributed by atoms with Crippen LogP contribution >= 0.6 is 22.6 Å². The van der Waals surface area contributed by atoms with Crippen LogP contribution in [0.3, 0.4) is 0 Å². The van der Waals surface area contributed by atoms with Gasteiger partial charge in [-0.05, 0) is 10.3 Å². The number of rotatable bonds is 0. The molecule has 0 aromatic heterocycles. The molecule has 0 bridgehead atoms. The number of halogens is 1. The summed E-state index contributed by atoms with van der Waals surface area (Å²) in [4.78, 5) is 0. The lowest BCUT2D eigenvalue weighted by molar-refractivity contribution is 1.36. The summed E-state index contributed by atoms with van der Waals surface area (Å²) in [6.07, 6.45) is 7.22. The molecule has 1 aliphatic carbocycles. The Bertz CT molecular complexity index is 188. The van der Waals surface area contributed by atoms with Crippen molar-refractivity contribution < 1.29 is 0 Å². The standard InChI is InChI=1S/C7H5I/c8-6-5-7-3-1-2-4-7/h1-3H,4H2. The first-order chi connectivity index (χ1) is 3.93. The smallest absolute Gasteiger partial charge is 0.0185 e. The Balaban J connectivity index is 2.60. The van der Waals surface area contributed by atoms with E-state index in [1.807, 2.05) is 34.7 Å². The van der Waals surface area contributed by atoms with Gasteiger partial charge in [0, 0.05) is 28.2 Å². The zero-order chi connectivity index (χ0) is 5.82. The van der Waals surface area contributed by atoms with Crippen molar-refractivity contribution in [3.05, 3.63) is 23.8 Å². The molecule has 0 amide bonds. The van der Waals surface area contributed by atoms with Crippen LogP contribution in [0.2, 0.25) is 0 Å². The zero-order valence-electron chi connectivity index (χ0n) is 4.32. The Hall–Kier alpha value is -0.230. The van der Waals surface area contributed by atoms with E-state index in [0.717, 1.165) is 6.42 Å². The van der Waals surface area contributed by atoms with Crippen LogP contribution in [0.5, 0.6) is 0 Å². The Morgan fingerprint density at radius 3 is 3.00 bits per heavy atom. The van der Waals surface area contributed by atoms with Crippen molar-refractivity contribution in [1.82, 2.24) is 0 Å². The molecule has 0 fully saturated rings. The molecule has 1 rings (SSSR count). The van der Waals surface area contributed by atoms with Gasteiger partial charge in [-0.1, -0.05) is 24.1 Å². The average Bonchev–Trinajstić information content (AvgIpc) is 2.19. The molecule has 0 aromatic rings. The Morgan fingerprint density at radius 1 is 1.62 bits per heavy atom. The highest BCUT2D eigenvalue weighted by molar-refractivity contribution is 14.1. The maximum Gasteiger partial charge on any atom is 0.0185 e. The summed E-state index contributed by atoms with van der Waals surface area (Å²) in [5.41, 5.74) is 1.22. The number of hydrogen-bond donors (Lipinski definition) is 0. The predicted octanol–water partition coefficient (Wildman–Crippen LogP) is 2.27. The molecule has 1 aliphatic rings. The molecule has 1 heteroatoms. The highest BCUT2D eigenvalue weighted by atomic mass is 127. The van der Waals surface area contributed by atoms with E-state index in [4.69, 9.17) is 0 Å². The minimum Gasteiger partial charge on any atom is -0.0794 e. The lowest BCUT2D eigenvalue weighted by Gasteiger charge is -1.79. The molecule has 0 saturated carbocycles. The van der Waals surface area contributed by atoms with E-state index >= 15 is 0 Å². The lowest BCUT2D eigenvalue weighted by atomic mass is 10.2. The molecule has 0 aliphatic heterocycles. The van der Waals surface area contributed by atoms with Crippen LogP contribution < -0.4 is 0 Å². The van der Waals surface area contributed by atoms with Crippen LogP contribution in [-0.2, 0) is 0 Å². The van der Waals surface area contributed by atoms with E-state index in [-0.39, 0.29) is 0 Å². The van der Waals surface area contributed by atoms with Crippen molar-refractivity contribution in [1.29, 1.82) is 0 Å². The van der Waals surface area contributed by atoms with E-state index in [2.05, 4.69) is 15.9 Å². The fraction of sp³-hybridized carbons (Fsp3) is 0.143. The zero-order valence-corrected chi connectivity index (χ0v) is 6.47. The van der Waals surface area contributed by atoms with Gasteiger partial charge in [-0.2, -0.15) is 0 Å². The topological polar surface area (TPSA) is 0 Å². The molecular formula is C7H5I. The van der Waals surface area contributed by atoms with Crippen molar-refractivity contribution >= 4 is 22.6 Å². The molecule has 40 valence electrons. The summed E-state index contributed by atoms with van der Waals surface area (Å²) in [5.74, 6) is 2.98. The summed E-state index contributed by atoms with van der Waals surface area (Å²) in [7, 11) is 0. The normalized spacial score (nSPS) is 14.9. The van der Waals surface area contributed by atoms with Gasteiger partial charge in [0.05, 0.1) is 0 Å². The quantitative estimate of drug-likeness (QED) is 0.430. The third-order valence-electron chi connectivity index (χ3n) is 0.979. The van der Waals surface area contributed by atoms with Crippen LogP contribution in [0, 0.1) is 9.85 Å². The summed E-state index contributed by atoms with van der Waals surface area (Å²) >= 11 is 2.05. The summed E-state index contributed by atoms with van der Waals surface area (Å²) in [5, 5.41) is 0. The minimum absolute atomic E-state index is 1.02. The summed E-state index contributed by atoms with van der Waals surface area (Å²) in [6.45, 7) is 0. The van der Waals surface area contributed by atoms with Crippen LogP contribution in [0.4, 0.5) is 0 Å². The molecule has 0 heterocycles. The van der Waals surface area contributed by atoms with Crippen molar-refractivity contribution in [2.24, 2.45) is 0 Å². The second kappa shape index (κ2) is 2.93. The molecule has 0 radical (unpaired) electrons. The monoisotopic (exact) mass is 216 g/mol. The minimum atomic E-state index is 1.02. The van der Waals surface area contributed by atoms with Gasteiger partial charge in [0.15, 0.2) is 0 Å². The fourth-order valence-electron chi connectivity index (χ4n) is 0.601. The first kappa shape index (κ1) is 5.90. The maximum atomic E-state index is 2.98. The molecule has 0 nitrogen and oxygen atoms in total. The van der Waals surface area contributed by atoms with Crippen molar-refractivity contribution in [2.75, 3.05) is 0 Å². The highest BCUT2D eigenvalue weighted by Crippen LogP contribution is 2.07. The van der Waals surface area contributed by atoms with Crippen LogP contribution in [-0.4, -0.2) is 0 Å². The second-order valence-electron chi connectivity index (χ2n) is 1.54. The summed E-state index contributed by atoms with van der Waals surface area (Å²) < 4.78 is 2.82. The first-order valence-electron chi connectivity index (χ1n) is 2.41. The molecule has 0 unspecified atom stereocenters. The van der Waals surface area contributed by atoms with Gasteiger partial charge in [-0.15, -0.1) is 0 Å². The van der Waals surface area contributed by atoms with Gasteiger partial charge in [0.2, 0.25) is 0 Å². The van der Waals surface area contributed by atoms with E-state index in [0.29, 0.717) is 0 Å². The van der Waals surface area contributed by atoms with E-state index in [1.165, 1.54) is 5.57 Å². The molecule has 0 atom stereocenters. The fourth-order valence-corrected chi connectivity index (χ4v) is 0.947. The van der Waals surface area contributed by atoms with Gasteiger partial charge in [0.1, 0.15) is 0 Å². The predicted molar refractivity (Wildman–Crippen MR) is 43.6 cm³/mol. The van der Waals surface area contributed by atoms with Crippen molar-refractivity contribution in [3.63, 3.8) is 0 Å². The third kappa shape index (κ3) is 1.38. The molecule has 8 heavy (non-hydrogen) atoms. The average molecular weight is 216 g/mol. The van der Waals surface area contributed by atoms with Crippen LogP contribution in [0.15, 0.2) is 23.8 Å². The first-order valence-corrected chi connectivity index (χ1v) is 3.48. The van der Waals surface area contributed by atoms with E-state index in [1.54, 1.807) is 0 Å². The van der Waals surface area contributed by atoms with Crippen LogP contribution in [0.25, 0.3) is 0 Å². The van der Waals surface area contributed by atoms with Gasteiger partial charge < -0.3 is 0 Å². The van der Waals surface area contributed by atoms with Gasteiger partial charge in [0.25, 0.3) is 0 Å². The highest BCUT2D eigenvalue weighted by Gasteiger charge is 1.91. The van der Waals surface area contributed by atoms with Gasteiger partial charge >= 0.3 is 0 Å². The SMILES string of the molecule is IC#CC1=CC=CC1. The lowest BCUT2D eigenvalue weighted by Crippen LogP contribution is -1.65. The van der Waals surface area contributed by atoms with Gasteiger partial charge in [-0.25, -0.2) is 0 Å². The second-order valence-corrected chi connectivity index (χ2v) is 2.08. The van der Waals surface area contributed by atoms with Gasteiger partial charge in [-0.3, -0.25) is 0 Å². The summed E-state index contributed by atoms with van der Waals surface area (Å²) in [6, 6.07) is 0. The number of allylic oxidation sites excluding steroid dienone is 4. The molecule has 0 spiro atoms. The molecular weight excluding hydrogens is 211 g/mol. The Morgan fingerprint density at radius 2 is 2.50 bits per heavy atom. The van der Waals surface area contributed by atoms with E-state index < -0.39 is 0 Å². The van der Waals surface area contributed by atoms with Crippen molar-refractivity contribution in [2.45, 2.75) is 6.42 Å². The maximum absolute atomic E-state index is 2.98. The third-order valence-corrected chi connectivity index (χ3v) is 1.25. The van der Waals surface area contributed by atoms with Crippen LogP contribution in [0.1, 0.15) is 6.42 Å². The largest absolute Gasteiger partial charge is 0.0794 e. The molecule has 0 saturated heterocycles. The molecule has 0 N–H and O–H groups in total. The molecule has 0 aromatic carbocycles. The Kier molecular flexibility index (Phi) is 2.16. The van der Waals surface area contributed by atoms with E-state index in [9.17, 15) is 0 Å². The Labute approximate surface area is 62.8 Å².